The van der Waals surface area contributed by atoms with E-state index in [1.54, 1.807) is 18.2 Å². The predicted molar refractivity (Wildman–Crippen MR) is 90.3 cm³/mol. The first-order valence-corrected chi connectivity index (χ1v) is 8.07. The Balaban J connectivity index is 1.28. The summed E-state index contributed by atoms with van der Waals surface area (Å²) in [7, 11) is 0. The number of carbonyl (C=O) groups excluding carboxylic acids is 1. The average Bonchev–Trinajstić information content (AvgIpc) is 3.09. The van der Waals surface area contributed by atoms with Gasteiger partial charge in [0.15, 0.2) is 23.0 Å². The van der Waals surface area contributed by atoms with Gasteiger partial charge in [0.2, 0.25) is 12.7 Å². The molecule has 4 rings (SSSR count). The summed E-state index contributed by atoms with van der Waals surface area (Å²) in [5.74, 6) is 2.71. The number of hydrogen-bond acceptors (Lipinski definition) is 6. The molecule has 2 aliphatic heterocycles. The van der Waals surface area contributed by atoms with Gasteiger partial charge in [-0.2, -0.15) is 0 Å². The van der Waals surface area contributed by atoms with Crippen LogP contribution in [0.3, 0.4) is 0 Å². The fraction of sp³-hybridized carbons (Fsp3) is 0.278. The first-order chi connectivity index (χ1) is 12.3. The van der Waals surface area contributed by atoms with Crippen LogP contribution in [0.5, 0.6) is 23.0 Å². The van der Waals surface area contributed by atoms with Crippen molar-refractivity contribution >= 4 is 11.6 Å². The number of hydrogen-bond donors (Lipinski definition) is 2. The Kier molecular flexibility index (Phi) is 4.30. The lowest BCUT2D eigenvalue weighted by Gasteiger charge is -2.19. The molecule has 2 aromatic carbocycles. The zero-order chi connectivity index (χ0) is 17.1. The van der Waals surface area contributed by atoms with Crippen LogP contribution in [0.1, 0.15) is 5.56 Å². The van der Waals surface area contributed by atoms with Gasteiger partial charge < -0.3 is 29.6 Å². The minimum atomic E-state index is -0.127. The first kappa shape index (κ1) is 15.6. The molecule has 0 radical (unpaired) electrons. The molecule has 0 aliphatic carbocycles. The molecule has 0 spiro atoms. The van der Waals surface area contributed by atoms with Gasteiger partial charge in [0.05, 0.1) is 6.54 Å². The Labute approximate surface area is 144 Å². The van der Waals surface area contributed by atoms with Crippen LogP contribution in [0.2, 0.25) is 0 Å². The first-order valence-electron chi connectivity index (χ1n) is 8.07. The second-order valence-electron chi connectivity index (χ2n) is 5.70. The summed E-state index contributed by atoms with van der Waals surface area (Å²) < 4.78 is 21.6. The fourth-order valence-electron chi connectivity index (χ4n) is 2.70. The van der Waals surface area contributed by atoms with E-state index in [1.807, 2.05) is 18.2 Å². The van der Waals surface area contributed by atoms with Crippen molar-refractivity contribution < 1.29 is 23.7 Å². The van der Waals surface area contributed by atoms with Gasteiger partial charge in [-0.15, -0.1) is 0 Å². The van der Waals surface area contributed by atoms with Gasteiger partial charge in [0.1, 0.15) is 13.2 Å². The topological polar surface area (TPSA) is 78.1 Å². The van der Waals surface area contributed by atoms with Crippen molar-refractivity contribution in [3.63, 3.8) is 0 Å². The second-order valence-corrected chi connectivity index (χ2v) is 5.70. The Morgan fingerprint density at radius 1 is 0.880 bits per heavy atom. The van der Waals surface area contributed by atoms with Crippen LogP contribution in [0, 0.1) is 0 Å². The molecule has 7 nitrogen and oxygen atoms in total. The molecular weight excluding hydrogens is 324 g/mol. The van der Waals surface area contributed by atoms with Crippen LogP contribution in [0.25, 0.3) is 0 Å². The van der Waals surface area contributed by atoms with E-state index in [2.05, 4.69) is 10.6 Å². The number of amides is 1. The van der Waals surface area contributed by atoms with E-state index in [4.69, 9.17) is 18.9 Å². The second kappa shape index (κ2) is 6.90. The molecule has 0 aromatic heterocycles. The van der Waals surface area contributed by atoms with E-state index in [9.17, 15) is 4.79 Å². The molecule has 0 bridgehead atoms. The molecule has 0 atom stereocenters. The Morgan fingerprint density at radius 3 is 2.52 bits per heavy atom. The third-order valence-electron chi connectivity index (χ3n) is 3.88. The molecule has 2 aliphatic rings. The van der Waals surface area contributed by atoms with E-state index in [0.717, 1.165) is 17.1 Å². The van der Waals surface area contributed by atoms with Gasteiger partial charge in [-0.3, -0.25) is 4.79 Å². The Morgan fingerprint density at radius 2 is 1.60 bits per heavy atom. The highest BCUT2D eigenvalue weighted by Crippen LogP contribution is 2.33. The minimum Gasteiger partial charge on any atom is -0.486 e. The number of benzene rings is 2. The molecule has 2 heterocycles. The molecule has 7 heteroatoms. The Hall–Kier alpha value is -2.93. The summed E-state index contributed by atoms with van der Waals surface area (Å²) in [6, 6.07) is 11.1. The number of fused-ring (bicyclic) bond motifs is 2. The molecule has 0 saturated heterocycles. The number of carbonyl (C=O) groups is 1. The lowest BCUT2D eigenvalue weighted by atomic mass is 10.2. The van der Waals surface area contributed by atoms with E-state index in [-0.39, 0.29) is 19.2 Å². The third-order valence-corrected chi connectivity index (χ3v) is 3.88. The van der Waals surface area contributed by atoms with Crippen molar-refractivity contribution in [1.29, 1.82) is 0 Å². The van der Waals surface area contributed by atoms with Crippen molar-refractivity contribution in [2.45, 2.75) is 6.54 Å². The zero-order valence-corrected chi connectivity index (χ0v) is 13.5. The maximum absolute atomic E-state index is 12.1. The molecule has 0 fully saturated rings. The standard InChI is InChI=1S/C18H18N2O5/c21-18(20-13-2-4-14-17(8-13)23-6-5-22-14)10-19-9-12-1-3-15-16(7-12)25-11-24-15/h1-4,7-8,19H,5-6,9-11H2,(H,20,21). The highest BCUT2D eigenvalue weighted by molar-refractivity contribution is 5.92. The largest absolute Gasteiger partial charge is 0.486 e. The highest BCUT2D eigenvalue weighted by atomic mass is 16.7. The molecule has 2 N–H and O–H groups in total. The molecule has 25 heavy (non-hydrogen) atoms. The Bertz CT molecular complexity index is 793. The van der Waals surface area contributed by atoms with E-state index in [0.29, 0.717) is 36.9 Å². The zero-order valence-electron chi connectivity index (χ0n) is 13.5. The van der Waals surface area contributed by atoms with Gasteiger partial charge in [-0.1, -0.05) is 6.07 Å². The average molecular weight is 342 g/mol. The van der Waals surface area contributed by atoms with Crippen molar-refractivity contribution in [1.82, 2.24) is 5.32 Å². The van der Waals surface area contributed by atoms with Crippen LogP contribution in [-0.2, 0) is 11.3 Å². The molecular formula is C18H18N2O5. The SMILES string of the molecule is O=C(CNCc1ccc2c(c1)OCO2)Nc1ccc2c(c1)OCCO2. The predicted octanol–water partition coefficient (Wildman–Crippen LogP) is 1.91. The number of anilines is 1. The monoisotopic (exact) mass is 342 g/mol. The van der Waals surface area contributed by atoms with Crippen LogP contribution in [0.4, 0.5) is 5.69 Å². The quantitative estimate of drug-likeness (QED) is 0.864. The van der Waals surface area contributed by atoms with Gasteiger partial charge in [0.25, 0.3) is 0 Å². The van der Waals surface area contributed by atoms with Crippen LogP contribution in [-0.4, -0.2) is 32.5 Å². The van der Waals surface area contributed by atoms with Crippen molar-refractivity contribution in [2.75, 3.05) is 31.9 Å². The highest BCUT2D eigenvalue weighted by Gasteiger charge is 2.14. The normalized spacial score (nSPS) is 14.2. The smallest absolute Gasteiger partial charge is 0.238 e. The summed E-state index contributed by atoms with van der Waals surface area (Å²) in [5, 5.41) is 5.95. The van der Waals surface area contributed by atoms with Gasteiger partial charge in [-0.25, -0.2) is 0 Å². The van der Waals surface area contributed by atoms with Crippen molar-refractivity contribution in [3.05, 3.63) is 42.0 Å². The summed E-state index contributed by atoms with van der Waals surface area (Å²) in [6.07, 6.45) is 0. The van der Waals surface area contributed by atoms with Crippen LogP contribution in [0.15, 0.2) is 36.4 Å². The molecule has 0 unspecified atom stereocenters. The molecule has 2 aromatic rings. The molecule has 0 saturated carbocycles. The van der Waals surface area contributed by atoms with Crippen molar-refractivity contribution in [3.8, 4) is 23.0 Å². The number of ether oxygens (including phenoxy) is 4. The number of nitrogens with one attached hydrogen (secondary N) is 2. The third kappa shape index (κ3) is 3.61. The van der Waals surface area contributed by atoms with Crippen molar-refractivity contribution in [2.24, 2.45) is 0 Å². The van der Waals surface area contributed by atoms with Crippen LogP contribution < -0.4 is 29.6 Å². The lowest BCUT2D eigenvalue weighted by molar-refractivity contribution is -0.115. The van der Waals surface area contributed by atoms with Gasteiger partial charge in [0, 0.05) is 18.3 Å². The summed E-state index contributed by atoms with van der Waals surface area (Å²) in [5.41, 5.74) is 1.70. The fourth-order valence-corrected chi connectivity index (χ4v) is 2.70. The van der Waals surface area contributed by atoms with Gasteiger partial charge >= 0.3 is 0 Å². The van der Waals surface area contributed by atoms with E-state index >= 15 is 0 Å². The lowest BCUT2D eigenvalue weighted by Crippen LogP contribution is -2.27. The van der Waals surface area contributed by atoms with E-state index in [1.165, 1.54) is 0 Å². The summed E-state index contributed by atoms with van der Waals surface area (Å²) in [6.45, 7) is 2.07. The van der Waals surface area contributed by atoms with Gasteiger partial charge in [-0.05, 0) is 29.8 Å². The maximum Gasteiger partial charge on any atom is 0.238 e. The van der Waals surface area contributed by atoms with E-state index < -0.39 is 0 Å². The molecule has 130 valence electrons. The maximum atomic E-state index is 12.1. The summed E-state index contributed by atoms with van der Waals surface area (Å²) >= 11 is 0. The van der Waals surface area contributed by atoms with Crippen LogP contribution >= 0.6 is 0 Å². The number of rotatable bonds is 5. The minimum absolute atomic E-state index is 0.127. The molecule has 1 amide bonds. The summed E-state index contributed by atoms with van der Waals surface area (Å²) in [4.78, 5) is 12.1.